The van der Waals surface area contributed by atoms with Gasteiger partial charge in [-0.05, 0) is 29.8 Å². The Kier molecular flexibility index (Phi) is 5.48. The van der Waals surface area contributed by atoms with Gasteiger partial charge >= 0.3 is 0 Å². The monoisotopic (exact) mass is 302 g/mol. The Bertz CT molecular complexity index is 674. The smallest absolute Gasteiger partial charge is 0.277 e. The summed E-state index contributed by atoms with van der Waals surface area (Å²) in [7, 11) is 1.55. The fraction of sp³-hybridized carbons (Fsp3) is 0.125. The van der Waals surface area contributed by atoms with Crippen LogP contribution in [0, 0.1) is 5.82 Å². The van der Waals surface area contributed by atoms with Crippen molar-refractivity contribution in [3.63, 3.8) is 0 Å². The molecule has 0 saturated carbocycles. The molecule has 2 rings (SSSR count). The number of ether oxygens (including phenoxy) is 2. The van der Waals surface area contributed by atoms with Crippen LogP contribution in [0.4, 0.5) is 4.39 Å². The third-order valence-electron chi connectivity index (χ3n) is 2.66. The second kappa shape index (κ2) is 7.78. The summed E-state index contributed by atoms with van der Waals surface area (Å²) in [4.78, 5) is 11.6. The number of benzene rings is 2. The maximum Gasteiger partial charge on any atom is 0.277 e. The molecule has 0 spiro atoms. The first kappa shape index (κ1) is 15.5. The molecule has 114 valence electrons. The lowest BCUT2D eigenvalue weighted by Gasteiger charge is -2.06. The lowest BCUT2D eigenvalue weighted by atomic mass is 10.2. The van der Waals surface area contributed by atoms with E-state index in [1.165, 1.54) is 18.3 Å². The van der Waals surface area contributed by atoms with E-state index in [1.54, 1.807) is 43.5 Å². The number of hydrogen-bond acceptors (Lipinski definition) is 4. The van der Waals surface area contributed by atoms with E-state index in [9.17, 15) is 9.18 Å². The third-order valence-corrected chi connectivity index (χ3v) is 2.66. The highest BCUT2D eigenvalue weighted by molar-refractivity contribution is 5.82. The van der Waals surface area contributed by atoms with Crippen LogP contribution in [0.5, 0.6) is 11.5 Å². The Labute approximate surface area is 127 Å². The minimum absolute atomic E-state index is 0.187. The van der Waals surface area contributed by atoms with Gasteiger partial charge in [0.05, 0.1) is 13.3 Å². The molecule has 22 heavy (non-hydrogen) atoms. The fourth-order valence-electron chi connectivity index (χ4n) is 1.64. The van der Waals surface area contributed by atoms with Crippen molar-refractivity contribution >= 4 is 12.1 Å². The zero-order valence-electron chi connectivity index (χ0n) is 12.0. The number of amides is 1. The van der Waals surface area contributed by atoms with Crippen molar-refractivity contribution in [1.82, 2.24) is 5.43 Å². The summed E-state index contributed by atoms with van der Waals surface area (Å²) in [5.74, 6) is 0.373. The summed E-state index contributed by atoms with van der Waals surface area (Å²) in [6.45, 7) is -0.187. The van der Waals surface area contributed by atoms with Crippen LogP contribution in [0.1, 0.15) is 5.56 Å². The van der Waals surface area contributed by atoms with E-state index in [-0.39, 0.29) is 12.4 Å². The topological polar surface area (TPSA) is 59.9 Å². The van der Waals surface area contributed by atoms with Crippen LogP contribution in [0.15, 0.2) is 53.6 Å². The zero-order chi connectivity index (χ0) is 15.8. The van der Waals surface area contributed by atoms with E-state index in [1.807, 2.05) is 0 Å². The van der Waals surface area contributed by atoms with Gasteiger partial charge in [0.15, 0.2) is 6.61 Å². The molecule has 0 fully saturated rings. The predicted molar refractivity (Wildman–Crippen MR) is 80.6 cm³/mol. The van der Waals surface area contributed by atoms with Gasteiger partial charge < -0.3 is 9.47 Å². The quantitative estimate of drug-likeness (QED) is 0.658. The van der Waals surface area contributed by atoms with Gasteiger partial charge in [0, 0.05) is 6.07 Å². The lowest BCUT2D eigenvalue weighted by molar-refractivity contribution is -0.123. The number of nitrogens with one attached hydrogen (secondary N) is 1. The van der Waals surface area contributed by atoms with E-state index >= 15 is 0 Å². The summed E-state index contributed by atoms with van der Waals surface area (Å²) in [5.41, 5.74) is 2.85. The Balaban J connectivity index is 1.80. The molecular weight excluding hydrogens is 287 g/mol. The lowest BCUT2D eigenvalue weighted by Crippen LogP contribution is -2.24. The van der Waals surface area contributed by atoms with Crippen LogP contribution in [-0.4, -0.2) is 25.8 Å². The highest BCUT2D eigenvalue weighted by Gasteiger charge is 2.02. The van der Waals surface area contributed by atoms with E-state index in [0.717, 1.165) is 0 Å². The van der Waals surface area contributed by atoms with Crippen molar-refractivity contribution < 1.29 is 18.7 Å². The Morgan fingerprint density at radius 2 is 2.00 bits per heavy atom. The van der Waals surface area contributed by atoms with E-state index in [0.29, 0.717) is 17.1 Å². The largest absolute Gasteiger partial charge is 0.497 e. The number of hydrazone groups is 1. The number of rotatable bonds is 6. The molecule has 2 aromatic rings. The minimum Gasteiger partial charge on any atom is -0.497 e. The summed E-state index contributed by atoms with van der Waals surface area (Å²) >= 11 is 0. The van der Waals surface area contributed by atoms with Gasteiger partial charge in [-0.15, -0.1) is 0 Å². The second-order valence-electron chi connectivity index (χ2n) is 4.32. The summed E-state index contributed by atoms with van der Waals surface area (Å²) in [5, 5.41) is 3.73. The maximum absolute atomic E-state index is 12.9. The molecule has 0 aliphatic carbocycles. The van der Waals surface area contributed by atoms with Crippen LogP contribution >= 0.6 is 0 Å². The van der Waals surface area contributed by atoms with Gasteiger partial charge in [-0.3, -0.25) is 4.79 Å². The highest BCUT2D eigenvalue weighted by atomic mass is 19.1. The van der Waals surface area contributed by atoms with Gasteiger partial charge in [0.2, 0.25) is 0 Å². The molecule has 0 aliphatic rings. The van der Waals surface area contributed by atoms with Gasteiger partial charge in [0.1, 0.15) is 17.3 Å². The molecule has 0 unspecified atom stereocenters. The fourth-order valence-corrected chi connectivity index (χ4v) is 1.64. The molecule has 0 aromatic heterocycles. The number of halogens is 1. The molecule has 0 radical (unpaired) electrons. The van der Waals surface area contributed by atoms with Crippen LogP contribution < -0.4 is 14.9 Å². The van der Waals surface area contributed by atoms with Gasteiger partial charge in [0.25, 0.3) is 5.91 Å². The zero-order valence-corrected chi connectivity index (χ0v) is 12.0. The Morgan fingerprint density at radius 3 is 2.77 bits per heavy atom. The Morgan fingerprint density at radius 1 is 1.23 bits per heavy atom. The van der Waals surface area contributed by atoms with Crippen LogP contribution in [-0.2, 0) is 4.79 Å². The van der Waals surface area contributed by atoms with E-state index in [4.69, 9.17) is 9.47 Å². The number of methoxy groups -OCH3 is 1. The van der Waals surface area contributed by atoms with Crippen molar-refractivity contribution in [2.24, 2.45) is 5.10 Å². The van der Waals surface area contributed by atoms with Crippen molar-refractivity contribution in [3.8, 4) is 11.5 Å². The molecule has 6 heteroatoms. The summed E-state index contributed by atoms with van der Waals surface area (Å²) in [6, 6.07) is 12.8. The minimum atomic E-state index is -0.421. The molecule has 0 heterocycles. The molecule has 1 amide bonds. The Hall–Kier alpha value is -2.89. The normalized spacial score (nSPS) is 10.5. The number of nitrogens with zero attached hydrogens (tertiary/aromatic N) is 1. The average Bonchev–Trinajstić information content (AvgIpc) is 2.53. The van der Waals surface area contributed by atoms with E-state index < -0.39 is 5.91 Å². The van der Waals surface area contributed by atoms with Crippen LogP contribution in [0.25, 0.3) is 0 Å². The van der Waals surface area contributed by atoms with Crippen molar-refractivity contribution in [3.05, 3.63) is 59.9 Å². The predicted octanol–water partition coefficient (Wildman–Crippen LogP) is 2.36. The van der Waals surface area contributed by atoms with E-state index in [2.05, 4.69) is 10.5 Å². The number of carbonyl (C=O) groups excluding carboxylic acids is 1. The number of carbonyl (C=O) groups is 1. The molecule has 2 aromatic carbocycles. The summed E-state index contributed by atoms with van der Waals surface area (Å²) in [6.07, 6.45) is 1.35. The summed E-state index contributed by atoms with van der Waals surface area (Å²) < 4.78 is 23.3. The molecule has 0 atom stereocenters. The van der Waals surface area contributed by atoms with Gasteiger partial charge in [-0.2, -0.15) is 5.10 Å². The van der Waals surface area contributed by atoms with Crippen molar-refractivity contribution in [1.29, 1.82) is 0 Å². The maximum atomic E-state index is 12.9. The first-order valence-electron chi connectivity index (χ1n) is 6.52. The first-order valence-corrected chi connectivity index (χ1v) is 6.52. The SMILES string of the molecule is COc1cccc(OCC(=O)N/N=C/c2cccc(F)c2)c1. The molecular formula is C16H15FN2O3. The molecule has 0 aliphatic heterocycles. The average molecular weight is 302 g/mol. The first-order chi connectivity index (χ1) is 10.7. The highest BCUT2D eigenvalue weighted by Crippen LogP contribution is 2.18. The molecule has 5 nitrogen and oxygen atoms in total. The molecule has 0 saturated heterocycles. The van der Waals surface area contributed by atoms with Crippen LogP contribution in [0.2, 0.25) is 0 Å². The van der Waals surface area contributed by atoms with Gasteiger partial charge in [-0.25, -0.2) is 9.82 Å². The molecule has 1 N–H and O–H groups in total. The second-order valence-corrected chi connectivity index (χ2v) is 4.32. The van der Waals surface area contributed by atoms with Crippen LogP contribution in [0.3, 0.4) is 0 Å². The van der Waals surface area contributed by atoms with Gasteiger partial charge in [-0.1, -0.05) is 18.2 Å². The standard InChI is InChI=1S/C16H15FN2O3/c1-21-14-6-3-7-15(9-14)22-11-16(20)19-18-10-12-4-2-5-13(17)8-12/h2-10H,11H2,1H3,(H,19,20)/b18-10+. The van der Waals surface area contributed by atoms with Crippen molar-refractivity contribution in [2.75, 3.05) is 13.7 Å². The number of hydrogen-bond donors (Lipinski definition) is 1. The molecule has 0 bridgehead atoms. The van der Waals surface area contributed by atoms with Crippen molar-refractivity contribution in [2.45, 2.75) is 0 Å². The third kappa shape index (κ3) is 4.90.